The second-order valence-corrected chi connectivity index (χ2v) is 7.01. The number of benzene rings is 2. The second kappa shape index (κ2) is 8.93. The highest BCUT2D eigenvalue weighted by Gasteiger charge is 2.32. The van der Waals surface area contributed by atoms with Crippen molar-refractivity contribution >= 4 is 33.9 Å². The number of carbonyl (C=O) groups excluding carboxylic acids is 2. The number of rotatable bonds is 7. The summed E-state index contributed by atoms with van der Waals surface area (Å²) in [6.07, 6.45) is 1.64. The first-order valence-electron chi connectivity index (χ1n) is 9.00. The van der Waals surface area contributed by atoms with Crippen molar-refractivity contribution in [3.8, 4) is 11.5 Å². The number of likely N-dealkylation sites (N-methyl/N-ethyl adjacent to an activating group) is 1. The fourth-order valence-electron chi connectivity index (χ4n) is 2.77. The molecule has 0 bridgehead atoms. The maximum atomic E-state index is 12.2. The third-order valence-corrected chi connectivity index (χ3v) is 4.69. The van der Waals surface area contributed by atoms with Crippen molar-refractivity contribution in [1.29, 1.82) is 0 Å². The molecule has 1 N–H and O–H groups in total. The van der Waals surface area contributed by atoms with Gasteiger partial charge in [0.25, 0.3) is 5.91 Å². The summed E-state index contributed by atoms with van der Waals surface area (Å²) >= 11 is 3.41. The van der Waals surface area contributed by atoms with Crippen LogP contribution in [0, 0.1) is 0 Å². The number of hydrogen-bond donors (Lipinski definition) is 1. The lowest BCUT2D eigenvalue weighted by molar-refractivity contribution is -0.122. The normalized spacial score (nSPS) is 15.1. The number of amides is 3. The van der Waals surface area contributed by atoms with E-state index >= 15 is 0 Å². The summed E-state index contributed by atoms with van der Waals surface area (Å²) in [6, 6.07) is 12.9. The average molecular weight is 445 g/mol. The van der Waals surface area contributed by atoms with Crippen LogP contribution in [0.25, 0.3) is 6.08 Å². The molecule has 6 nitrogen and oxygen atoms in total. The minimum Gasteiger partial charge on any atom is -0.490 e. The van der Waals surface area contributed by atoms with Gasteiger partial charge in [0.05, 0.1) is 6.61 Å². The van der Waals surface area contributed by atoms with Gasteiger partial charge >= 0.3 is 6.03 Å². The van der Waals surface area contributed by atoms with E-state index in [0.29, 0.717) is 31.3 Å². The number of imide groups is 1. The number of hydrogen-bond acceptors (Lipinski definition) is 4. The molecule has 1 fully saturated rings. The molecule has 0 spiro atoms. The summed E-state index contributed by atoms with van der Waals surface area (Å²) in [7, 11) is 0. The Hall–Kier alpha value is -2.80. The molecule has 146 valence electrons. The predicted octanol–water partition coefficient (Wildman–Crippen LogP) is 4.34. The summed E-state index contributed by atoms with van der Waals surface area (Å²) in [6.45, 7) is 4.87. The smallest absolute Gasteiger partial charge is 0.328 e. The summed E-state index contributed by atoms with van der Waals surface area (Å²) in [5.74, 6) is 0.864. The van der Waals surface area contributed by atoms with Gasteiger partial charge in [0, 0.05) is 11.0 Å². The van der Waals surface area contributed by atoms with E-state index in [1.165, 1.54) is 0 Å². The number of nitrogens with one attached hydrogen (secondary N) is 1. The molecule has 0 aliphatic carbocycles. The van der Waals surface area contributed by atoms with Crippen LogP contribution in [0.4, 0.5) is 4.79 Å². The van der Waals surface area contributed by atoms with Gasteiger partial charge in [-0.1, -0.05) is 34.1 Å². The summed E-state index contributed by atoms with van der Waals surface area (Å²) in [5, 5.41) is 2.59. The van der Waals surface area contributed by atoms with Gasteiger partial charge in [-0.15, -0.1) is 0 Å². The Bertz CT molecular complexity index is 909. The topological polar surface area (TPSA) is 67.9 Å². The minimum atomic E-state index is -0.404. The highest BCUT2D eigenvalue weighted by Crippen LogP contribution is 2.30. The quantitative estimate of drug-likeness (QED) is 0.509. The van der Waals surface area contributed by atoms with Gasteiger partial charge in [-0.2, -0.15) is 0 Å². The Balaban J connectivity index is 1.79. The third kappa shape index (κ3) is 4.54. The van der Waals surface area contributed by atoms with Gasteiger partial charge in [0.1, 0.15) is 12.3 Å². The Labute approximate surface area is 172 Å². The van der Waals surface area contributed by atoms with Crippen molar-refractivity contribution in [2.45, 2.75) is 20.5 Å². The molecule has 1 saturated heterocycles. The summed E-state index contributed by atoms with van der Waals surface area (Å²) in [5.41, 5.74) is 2.02. The Morgan fingerprint density at radius 1 is 1.04 bits per heavy atom. The molecule has 2 aromatic carbocycles. The lowest BCUT2D eigenvalue weighted by Crippen LogP contribution is -2.30. The minimum absolute atomic E-state index is 0.248. The van der Waals surface area contributed by atoms with Crippen molar-refractivity contribution in [3.63, 3.8) is 0 Å². The van der Waals surface area contributed by atoms with Crippen LogP contribution < -0.4 is 14.8 Å². The van der Waals surface area contributed by atoms with Crippen molar-refractivity contribution in [3.05, 3.63) is 63.8 Å². The molecule has 1 aliphatic rings. The molecule has 3 amide bonds. The highest BCUT2D eigenvalue weighted by atomic mass is 79.9. The maximum absolute atomic E-state index is 12.2. The van der Waals surface area contributed by atoms with Gasteiger partial charge in [0.2, 0.25) is 0 Å². The van der Waals surface area contributed by atoms with E-state index in [9.17, 15) is 9.59 Å². The van der Waals surface area contributed by atoms with Crippen LogP contribution in [0.1, 0.15) is 25.0 Å². The Morgan fingerprint density at radius 2 is 1.79 bits per heavy atom. The zero-order valence-corrected chi connectivity index (χ0v) is 17.3. The molecule has 7 heteroatoms. The van der Waals surface area contributed by atoms with Crippen LogP contribution in [0.2, 0.25) is 0 Å². The third-order valence-electron chi connectivity index (χ3n) is 4.16. The van der Waals surface area contributed by atoms with Gasteiger partial charge in [-0.05, 0) is 55.3 Å². The van der Waals surface area contributed by atoms with Crippen molar-refractivity contribution in [1.82, 2.24) is 10.2 Å². The van der Waals surface area contributed by atoms with Gasteiger partial charge in [-0.25, -0.2) is 4.79 Å². The molecule has 0 unspecified atom stereocenters. The predicted molar refractivity (Wildman–Crippen MR) is 110 cm³/mol. The maximum Gasteiger partial charge on any atom is 0.328 e. The van der Waals surface area contributed by atoms with Crippen molar-refractivity contribution in [2.75, 3.05) is 13.2 Å². The van der Waals surface area contributed by atoms with Crippen molar-refractivity contribution < 1.29 is 19.1 Å². The largest absolute Gasteiger partial charge is 0.490 e. The second-order valence-electron chi connectivity index (χ2n) is 6.09. The molecule has 2 aromatic rings. The van der Waals surface area contributed by atoms with Crippen LogP contribution >= 0.6 is 15.9 Å². The Kier molecular flexibility index (Phi) is 6.36. The van der Waals surface area contributed by atoms with Crippen LogP contribution in [0.15, 0.2) is 52.6 Å². The van der Waals surface area contributed by atoms with Crippen LogP contribution in [-0.4, -0.2) is 30.0 Å². The molecule has 0 atom stereocenters. The molecule has 0 saturated carbocycles. The first-order valence-corrected chi connectivity index (χ1v) is 9.79. The number of nitrogens with zero attached hydrogens (tertiary/aromatic N) is 1. The Morgan fingerprint density at radius 3 is 2.43 bits per heavy atom. The monoisotopic (exact) mass is 444 g/mol. The van der Waals surface area contributed by atoms with E-state index in [4.69, 9.17) is 9.47 Å². The molecule has 28 heavy (non-hydrogen) atoms. The zero-order valence-electron chi connectivity index (χ0n) is 15.7. The zero-order chi connectivity index (χ0) is 20.1. The van der Waals surface area contributed by atoms with Gasteiger partial charge < -0.3 is 14.8 Å². The number of ether oxygens (including phenoxy) is 2. The SMILES string of the molecule is CCOc1cc(/C=C2/NC(=O)N(CC)C2=O)ccc1OCc1ccc(Br)cc1. The van der Waals surface area contributed by atoms with E-state index in [2.05, 4.69) is 21.2 Å². The molecular weight excluding hydrogens is 424 g/mol. The van der Waals surface area contributed by atoms with Gasteiger partial charge in [-0.3, -0.25) is 9.69 Å². The fraction of sp³-hybridized carbons (Fsp3) is 0.238. The van der Waals surface area contributed by atoms with E-state index in [1.807, 2.05) is 37.3 Å². The average Bonchev–Trinajstić information content (AvgIpc) is 2.95. The highest BCUT2D eigenvalue weighted by molar-refractivity contribution is 9.10. The first kappa shape index (κ1) is 19.9. The lowest BCUT2D eigenvalue weighted by atomic mass is 10.1. The van der Waals surface area contributed by atoms with E-state index in [0.717, 1.165) is 20.5 Å². The fourth-order valence-corrected chi connectivity index (χ4v) is 3.03. The van der Waals surface area contributed by atoms with Crippen LogP contribution in [-0.2, 0) is 11.4 Å². The number of urea groups is 1. The first-order chi connectivity index (χ1) is 13.5. The summed E-state index contributed by atoms with van der Waals surface area (Å²) < 4.78 is 12.6. The van der Waals surface area contributed by atoms with Crippen LogP contribution in [0.3, 0.4) is 0 Å². The molecule has 0 aromatic heterocycles. The molecule has 1 heterocycles. The lowest BCUT2D eigenvalue weighted by Gasteiger charge is -2.13. The van der Waals surface area contributed by atoms with E-state index in [1.54, 1.807) is 25.1 Å². The van der Waals surface area contributed by atoms with E-state index in [-0.39, 0.29) is 11.6 Å². The molecular formula is C21H21BrN2O4. The number of halogens is 1. The molecule has 3 rings (SSSR count). The molecule has 0 radical (unpaired) electrons. The molecule has 1 aliphatic heterocycles. The van der Waals surface area contributed by atoms with Crippen LogP contribution in [0.5, 0.6) is 11.5 Å². The van der Waals surface area contributed by atoms with Gasteiger partial charge in [0.15, 0.2) is 11.5 Å². The van der Waals surface area contributed by atoms with E-state index < -0.39 is 6.03 Å². The summed E-state index contributed by atoms with van der Waals surface area (Å²) in [4.78, 5) is 25.2. The van der Waals surface area contributed by atoms with Crippen molar-refractivity contribution in [2.24, 2.45) is 0 Å². The number of carbonyl (C=O) groups is 2. The standard InChI is InChI=1S/C21H21BrN2O4/c1-3-24-20(25)17(23-21(24)26)11-15-7-10-18(19(12-15)27-4-2)28-13-14-5-8-16(22)9-6-14/h5-12H,3-4,13H2,1-2H3,(H,23,26)/b17-11+.